The smallest absolute Gasteiger partial charge is 0.321 e. The van der Waals surface area contributed by atoms with Crippen molar-refractivity contribution in [1.82, 2.24) is 20.1 Å². The molecular weight excluding hydrogens is 477 g/mol. The molecule has 37 heavy (non-hydrogen) atoms. The van der Waals surface area contributed by atoms with Crippen molar-refractivity contribution in [1.29, 1.82) is 5.26 Å². The maximum Gasteiger partial charge on any atom is 0.321 e. The highest BCUT2D eigenvalue weighted by atomic mass is 19.1. The Bertz CT molecular complexity index is 1220. The Morgan fingerprint density at radius 3 is 2.51 bits per heavy atom. The first-order valence-electron chi connectivity index (χ1n) is 12.1. The summed E-state index contributed by atoms with van der Waals surface area (Å²) < 4.78 is 15.6. The molecule has 1 aliphatic heterocycles. The van der Waals surface area contributed by atoms with Crippen molar-refractivity contribution in [2.75, 3.05) is 57.0 Å². The molecule has 0 radical (unpaired) electrons. The van der Waals surface area contributed by atoms with Gasteiger partial charge in [0.15, 0.2) is 12.1 Å². The van der Waals surface area contributed by atoms with Crippen molar-refractivity contribution in [2.45, 2.75) is 26.8 Å². The summed E-state index contributed by atoms with van der Waals surface area (Å²) in [5.74, 6) is -0.913. The van der Waals surface area contributed by atoms with Crippen molar-refractivity contribution in [2.24, 2.45) is 0 Å². The Morgan fingerprint density at radius 1 is 1.24 bits per heavy atom. The van der Waals surface area contributed by atoms with Gasteiger partial charge in [-0.15, -0.1) is 0 Å². The van der Waals surface area contributed by atoms with Crippen LogP contribution >= 0.6 is 0 Å². The van der Waals surface area contributed by atoms with Crippen molar-refractivity contribution in [3.05, 3.63) is 52.1 Å². The van der Waals surface area contributed by atoms with Gasteiger partial charge in [-0.25, -0.2) is 14.2 Å². The second kappa shape index (κ2) is 12.3. The van der Waals surface area contributed by atoms with Gasteiger partial charge in [-0.05, 0) is 37.6 Å². The van der Waals surface area contributed by atoms with Crippen molar-refractivity contribution in [3.63, 3.8) is 0 Å². The molecule has 196 valence electrons. The normalized spacial score (nSPS) is 13.6. The number of pyridine rings is 1. The van der Waals surface area contributed by atoms with Gasteiger partial charge < -0.3 is 20.4 Å². The molecule has 0 unspecified atom stereocenters. The summed E-state index contributed by atoms with van der Waals surface area (Å²) in [5.41, 5.74) is 2.52. The number of benzene rings is 1. The maximum atomic E-state index is 15.6. The molecular formula is C26H32FN7O3. The first-order valence-corrected chi connectivity index (χ1v) is 12.1. The van der Waals surface area contributed by atoms with Gasteiger partial charge in [0, 0.05) is 64.5 Å². The molecule has 2 aromatic rings. The lowest BCUT2D eigenvalue weighted by atomic mass is 9.98. The monoisotopic (exact) mass is 509 g/mol. The van der Waals surface area contributed by atoms with Gasteiger partial charge in [0.1, 0.15) is 5.69 Å². The lowest BCUT2D eigenvalue weighted by Crippen LogP contribution is -2.46. The van der Waals surface area contributed by atoms with Gasteiger partial charge in [-0.3, -0.25) is 14.5 Å². The van der Waals surface area contributed by atoms with Crippen LogP contribution in [0.1, 0.15) is 44.6 Å². The van der Waals surface area contributed by atoms with E-state index in [1.165, 1.54) is 4.90 Å². The number of anilines is 2. The average molecular weight is 510 g/mol. The number of nitrogens with zero attached hydrogens (tertiary/aromatic N) is 5. The van der Waals surface area contributed by atoms with E-state index in [1.54, 1.807) is 33.2 Å². The Morgan fingerprint density at radius 2 is 1.95 bits per heavy atom. The molecule has 0 bridgehead atoms. The summed E-state index contributed by atoms with van der Waals surface area (Å²) in [6.45, 7) is 6.93. The molecule has 2 heterocycles. The van der Waals surface area contributed by atoms with Gasteiger partial charge in [0.05, 0.1) is 29.6 Å². The van der Waals surface area contributed by atoms with Crippen molar-refractivity contribution < 1.29 is 18.8 Å². The van der Waals surface area contributed by atoms with Crippen molar-refractivity contribution >= 4 is 29.6 Å². The largest absolute Gasteiger partial charge is 0.368 e. The number of urea groups is 1. The number of hydrogen-bond donors (Lipinski definition) is 2. The lowest BCUT2D eigenvalue weighted by molar-refractivity contribution is 0.0957. The number of halogens is 1. The zero-order valence-corrected chi connectivity index (χ0v) is 21.6. The van der Waals surface area contributed by atoms with Gasteiger partial charge >= 0.3 is 6.03 Å². The number of aryl methyl sites for hydroxylation is 1. The van der Waals surface area contributed by atoms with Crippen LogP contribution < -0.4 is 15.5 Å². The highest BCUT2D eigenvalue weighted by molar-refractivity contribution is 5.97. The number of aldehydes is 1. The van der Waals surface area contributed by atoms with Crippen molar-refractivity contribution in [3.8, 4) is 6.07 Å². The van der Waals surface area contributed by atoms with Crippen LogP contribution in [0.4, 0.5) is 20.6 Å². The van der Waals surface area contributed by atoms with Gasteiger partial charge in [-0.1, -0.05) is 0 Å². The van der Waals surface area contributed by atoms with E-state index in [-0.39, 0.29) is 30.1 Å². The second-order valence-electron chi connectivity index (χ2n) is 8.84. The molecule has 3 rings (SSSR count). The number of amides is 3. The highest BCUT2D eigenvalue weighted by Gasteiger charge is 2.24. The van der Waals surface area contributed by atoms with Crippen LogP contribution in [0.3, 0.4) is 0 Å². The van der Waals surface area contributed by atoms with E-state index in [2.05, 4.69) is 25.4 Å². The topological polar surface area (TPSA) is 122 Å². The van der Waals surface area contributed by atoms with Crippen LogP contribution in [0.2, 0.25) is 0 Å². The Balaban J connectivity index is 1.79. The molecule has 2 N–H and O–H groups in total. The van der Waals surface area contributed by atoms with E-state index in [9.17, 15) is 19.6 Å². The zero-order chi connectivity index (χ0) is 27.1. The molecule has 11 heteroatoms. The quantitative estimate of drug-likeness (QED) is 0.525. The maximum absolute atomic E-state index is 15.6. The summed E-state index contributed by atoms with van der Waals surface area (Å²) in [4.78, 5) is 46.1. The summed E-state index contributed by atoms with van der Waals surface area (Å²) in [6.07, 6.45) is 0.394. The van der Waals surface area contributed by atoms with Gasteiger partial charge in [-0.2, -0.15) is 5.26 Å². The van der Waals surface area contributed by atoms with E-state index in [1.807, 2.05) is 19.1 Å². The van der Waals surface area contributed by atoms with Crippen LogP contribution in [0, 0.1) is 24.1 Å². The minimum absolute atomic E-state index is 0.0198. The van der Waals surface area contributed by atoms with Crippen LogP contribution in [0.25, 0.3) is 0 Å². The average Bonchev–Trinajstić information content (AvgIpc) is 2.90. The van der Waals surface area contributed by atoms with Crippen LogP contribution in [0.5, 0.6) is 0 Å². The van der Waals surface area contributed by atoms with E-state index >= 15 is 4.39 Å². The van der Waals surface area contributed by atoms with E-state index in [0.29, 0.717) is 55.8 Å². The molecule has 0 atom stereocenters. The third-order valence-electron chi connectivity index (χ3n) is 6.53. The fraction of sp³-hybridized carbons (Fsp3) is 0.423. The van der Waals surface area contributed by atoms with Crippen LogP contribution in [-0.4, -0.2) is 79.8 Å². The molecule has 1 aromatic carbocycles. The second-order valence-corrected chi connectivity index (χ2v) is 8.84. The van der Waals surface area contributed by atoms with Gasteiger partial charge in [0.25, 0.3) is 5.91 Å². The molecule has 10 nitrogen and oxygen atoms in total. The standard InChI is InChI=1S/C26H32FN7O3/c1-5-32(4)26(37)31-24-20(16-35)18(8-9-28)14-19(23(24)27)15-33-10-12-34(13-11-33)22-7-6-21(25(36)29-3)30-17(22)2/h6-7,14,16H,5,8,10-13,15H2,1-4H3,(H,29,36)(H,31,37). The summed E-state index contributed by atoms with van der Waals surface area (Å²) in [6, 6.07) is 6.60. The minimum Gasteiger partial charge on any atom is -0.368 e. The molecule has 1 fully saturated rings. The number of aromatic nitrogens is 1. The number of hydrogen-bond acceptors (Lipinski definition) is 7. The molecule has 1 aliphatic rings. The molecule has 0 aliphatic carbocycles. The fourth-order valence-electron chi connectivity index (χ4n) is 4.27. The molecule has 0 spiro atoms. The Kier molecular flexibility index (Phi) is 9.14. The Labute approximate surface area is 216 Å². The zero-order valence-electron chi connectivity index (χ0n) is 21.6. The molecule has 1 aromatic heterocycles. The third kappa shape index (κ3) is 6.21. The SMILES string of the molecule is CCN(C)C(=O)Nc1c(F)c(CN2CCN(c3ccc(C(=O)NC)nc3C)CC2)cc(CC#N)c1C=O. The van der Waals surface area contributed by atoms with Gasteiger partial charge in [0.2, 0.25) is 0 Å². The Hall–Kier alpha value is -4.04. The summed E-state index contributed by atoms with van der Waals surface area (Å²) in [7, 11) is 3.13. The first kappa shape index (κ1) is 27.5. The highest BCUT2D eigenvalue weighted by Crippen LogP contribution is 2.29. The van der Waals surface area contributed by atoms with E-state index in [0.717, 1.165) is 11.4 Å². The van der Waals surface area contributed by atoms with Crippen LogP contribution in [-0.2, 0) is 13.0 Å². The first-order chi connectivity index (χ1) is 17.7. The minimum atomic E-state index is -0.672. The number of nitrogens with one attached hydrogen (secondary N) is 2. The summed E-state index contributed by atoms with van der Waals surface area (Å²) in [5, 5.41) is 14.3. The predicted molar refractivity (Wildman–Crippen MR) is 138 cm³/mol. The van der Waals surface area contributed by atoms with E-state index in [4.69, 9.17) is 0 Å². The fourth-order valence-corrected chi connectivity index (χ4v) is 4.27. The molecule has 1 saturated heterocycles. The predicted octanol–water partition coefficient (Wildman–Crippen LogP) is 2.57. The molecule has 3 amide bonds. The molecule has 0 saturated carbocycles. The number of carbonyl (C=O) groups excluding carboxylic acids is 3. The number of rotatable bonds is 8. The number of nitriles is 1. The lowest BCUT2D eigenvalue weighted by Gasteiger charge is -2.36. The summed E-state index contributed by atoms with van der Waals surface area (Å²) >= 11 is 0. The van der Waals surface area contributed by atoms with E-state index < -0.39 is 11.8 Å². The number of piperazine rings is 1. The number of carbonyl (C=O) groups is 3. The van der Waals surface area contributed by atoms with Crippen LogP contribution in [0.15, 0.2) is 18.2 Å². The third-order valence-corrected chi connectivity index (χ3v) is 6.53.